The van der Waals surface area contributed by atoms with Gasteiger partial charge >= 0.3 is 0 Å². The van der Waals surface area contributed by atoms with Gasteiger partial charge in [-0.15, -0.1) is 78.9 Å². The summed E-state index contributed by atoms with van der Waals surface area (Å²) in [5, 5.41) is 15.2. The van der Waals surface area contributed by atoms with E-state index in [9.17, 15) is 0 Å². The van der Waals surface area contributed by atoms with Crippen molar-refractivity contribution in [1.82, 2.24) is 0 Å². The van der Waals surface area contributed by atoms with E-state index in [1.165, 1.54) is 38.5 Å². The molecule has 3 nitrogen and oxygen atoms in total. The maximum Gasteiger partial charge on any atom is 0.0662 e. The number of rotatable bonds is 9. The molecule has 3 heteroatoms. The zero-order valence-corrected chi connectivity index (χ0v) is 18.9. The highest BCUT2D eigenvalue weighted by molar-refractivity contribution is 4.39. The van der Waals surface area contributed by atoms with Crippen LogP contribution in [-0.4, -0.2) is 36.6 Å². The predicted octanol–water partition coefficient (Wildman–Crippen LogP) is 7.17. The van der Waals surface area contributed by atoms with E-state index >= 15 is 0 Å². The highest BCUT2D eigenvalue weighted by Gasteiger charge is 1.88. The number of aliphatic hydroxyl groups excluding tert-OH is 2. The lowest BCUT2D eigenvalue weighted by Crippen LogP contribution is -1.96. The van der Waals surface area contributed by atoms with Gasteiger partial charge in [-0.05, 0) is 12.8 Å². The first-order chi connectivity index (χ1) is 13.3. The van der Waals surface area contributed by atoms with E-state index in [2.05, 4.69) is 92.8 Å². The predicted molar refractivity (Wildman–Crippen MR) is 132 cm³/mol. The van der Waals surface area contributed by atoms with Gasteiger partial charge in [0.1, 0.15) is 0 Å². The summed E-state index contributed by atoms with van der Waals surface area (Å²) < 4.78 is 5.42. The summed E-state index contributed by atoms with van der Waals surface area (Å²) in [6.07, 6.45) is 7.72. The summed E-state index contributed by atoms with van der Waals surface area (Å²) in [4.78, 5) is 0. The molecule has 2 N–H and O–H groups in total. The second kappa shape index (κ2) is 152. The Morgan fingerprint density at radius 3 is 1.04 bits per heavy atom. The summed E-state index contributed by atoms with van der Waals surface area (Å²) in [6.45, 7) is 42.1. The van der Waals surface area contributed by atoms with E-state index in [1.807, 2.05) is 0 Å². The Kier molecular flexibility index (Phi) is 282. The van der Waals surface area contributed by atoms with Crippen molar-refractivity contribution in [1.29, 1.82) is 0 Å². The van der Waals surface area contributed by atoms with Crippen LogP contribution in [0.25, 0.3) is 0 Å². The van der Waals surface area contributed by atoms with E-state index in [0.717, 1.165) is 13.2 Å². The molecule has 0 atom stereocenters. The van der Waals surface area contributed by atoms with Crippen LogP contribution < -0.4 is 0 Å². The molecule has 0 heterocycles. The summed E-state index contributed by atoms with van der Waals surface area (Å²) in [5.41, 5.74) is 0. The maximum absolute atomic E-state index is 7.62. The fraction of sp³-hybridized carbons (Fsp3) is 0.500. The van der Waals surface area contributed by atoms with Crippen LogP contribution in [0.2, 0.25) is 0 Å². The van der Waals surface area contributed by atoms with Crippen molar-refractivity contribution in [3.8, 4) is 0 Å². The highest BCUT2D eigenvalue weighted by Crippen LogP contribution is 1.99. The van der Waals surface area contributed by atoms with Crippen LogP contribution in [0.4, 0.5) is 0 Å². The number of unbranched alkanes of at least 4 members (excludes halogenated alkanes) is 4. The number of hydrogen-bond donors (Lipinski definition) is 2. The fourth-order valence-corrected chi connectivity index (χ4v) is 0.979. The minimum absolute atomic E-state index is 0.125. The Balaban J connectivity index is -0.0000000315. The van der Waals surface area contributed by atoms with E-state index in [-0.39, 0.29) is 13.2 Å². The minimum atomic E-state index is -0.125. The van der Waals surface area contributed by atoms with Gasteiger partial charge in [-0.1, -0.05) is 39.5 Å². The second-order valence-electron chi connectivity index (χ2n) is 3.47. The van der Waals surface area contributed by atoms with Crippen LogP contribution in [0.1, 0.15) is 52.4 Å². The lowest BCUT2D eigenvalue weighted by Gasteiger charge is -2.01. The van der Waals surface area contributed by atoms with Crippen LogP contribution in [0.3, 0.4) is 0 Å². The Labute approximate surface area is 173 Å². The van der Waals surface area contributed by atoms with Gasteiger partial charge in [0.15, 0.2) is 0 Å². The van der Waals surface area contributed by atoms with Crippen LogP contribution in [-0.2, 0) is 4.74 Å². The molecule has 0 saturated heterocycles. The molecule has 0 aromatic rings. The monoisotopic (exact) mass is 388 g/mol. The fourth-order valence-electron chi connectivity index (χ4n) is 0.979. The molecule has 0 fully saturated rings. The highest BCUT2D eigenvalue weighted by atomic mass is 16.5. The maximum atomic E-state index is 7.62. The number of aliphatic hydroxyl groups is 2. The van der Waals surface area contributed by atoms with Crippen molar-refractivity contribution in [3.05, 3.63) is 78.9 Å². The largest absolute Gasteiger partial charge is 0.394 e. The third kappa shape index (κ3) is 226. The molecule has 0 amide bonds. The van der Waals surface area contributed by atoms with Crippen LogP contribution >= 0.6 is 0 Å². The van der Waals surface area contributed by atoms with Gasteiger partial charge in [-0.2, -0.15) is 0 Å². The molecule has 0 aliphatic rings. The topological polar surface area (TPSA) is 49.7 Å². The van der Waals surface area contributed by atoms with Crippen molar-refractivity contribution in [2.45, 2.75) is 52.4 Å². The van der Waals surface area contributed by atoms with Crippen LogP contribution in [0.15, 0.2) is 78.9 Å². The van der Waals surface area contributed by atoms with Crippen LogP contribution in [0, 0.1) is 0 Å². The SMILES string of the molecule is C=C.C=C.C=C.C=C.C=C.C=C.CCCCCCOCCCC.OCCO. The first-order valence-corrected chi connectivity index (χ1v) is 9.12. The molecule has 0 spiro atoms. The molecule has 0 unspecified atom stereocenters. The van der Waals surface area contributed by atoms with E-state index in [4.69, 9.17) is 14.9 Å². The van der Waals surface area contributed by atoms with Crippen LogP contribution in [0.5, 0.6) is 0 Å². The smallest absolute Gasteiger partial charge is 0.0662 e. The Morgan fingerprint density at radius 1 is 0.481 bits per heavy atom. The first kappa shape index (κ1) is 49.9. The Hall–Kier alpha value is -1.68. The molecule has 0 aromatic heterocycles. The molecule has 0 aliphatic carbocycles. The normalized spacial score (nSPS) is 6.22. The van der Waals surface area contributed by atoms with E-state index in [1.54, 1.807) is 0 Å². The Bertz CT molecular complexity index is 127. The van der Waals surface area contributed by atoms with Crippen molar-refractivity contribution in [2.24, 2.45) is 0 Å². The standard InChI is InChI=1S/C10H22O.C2H6O2.6C2H4/c1-3-5-7-8-10-11-9-6-4-2;3-1-2-4;6*1-2/h3-10H2,1-2H3;3-4H,1-2H2;6*1-2H2. The van der Waals surface area contributed by atoms with Crippen molar-refractivity contribution < 1.29 is 14.9 Å². The summed E-state index contributed by atoms with van der Waals surface area (Å²) in [5.74, 6) is 0. The number of ether oxygens (including phenoxy) is 1. The molecule has 0 aromatic carbocycles. The Morgan fingerprint density at radius 2 is 0.778 bits per heavy atom. The van der Waals surface area contributed by atoms with E-state index in [0.29, 0.717) is 0 Å². The third-order valence-corrected chi connectivity index (χ3v) is 1.88. The summed E-state index contributed by atoms with van der Waals surface area (Å²) in [6, 6.07) is 0. The average molecular weight is 389 g/mol. The van der Waals surface area contributed by atoms with Gasteiger partial charge in [-0.25, -0.2) is 0 Å². The molecule has 0 saturated carbocycles. The molecular formula is C24H52O3. The average Bonchev–Trinajstić information content (AvgIpc) is 2.81. The quantitative estimate of drug-likeness (QED) is 0.325. The number of hydrogen-bond acceptors (Lipinski definition) is 3. The molecule has 0 bridgehead atoms. The second-order valence-corrected chi connectivity index (χ2v) is 3.47. The van der Waals surface area contributed by atoms with Gasteiger partial charge in [-0.3, -0.25) is 0 Å². The van der Waals surface area contributed by atoms with Gasteiger partial charge < -0.3 is 14.9 Å². The zero-order valence-electron chi connectivity index (χ0n) is 18.9. The van der Waals surface area contributed by atoms with Gasteiger partial charge in [0.05, 0.1) is 13.2 Å². The molecule has 166 valence electrons. The first-order valence-electron chi connectivity index (χ1n) is 9.12. The van der Waals surface area contributed by atoms with Gasteiger partial charge in [0.25, 0.3) is 0 Å². The lowest BCUT2D eigenvalue weighted by molar-refractivity contribution is 0.127. The molecular weight excluding hydrogens is 336 g/mol. The van der Waals surface area contributed by atoms with Crippen molar-refractivity contribution in [3.63, 3.8) is 0 Å². The summed E-state index contributed by atoms with van der Waals surface area (Å²) >= 11 is 0. The van der Waals surface area contributed by atoms with E-state index < -0.39 is 0 Å². The summed E-state index contributed by atoms with van der Waals surface area (Å²) in [7, 11) is 0. The van der Waals surface area contributed by atoms with Gasteiger partial charge in [0, 0.05) is 13.2 Å². The zero-order chi connectivity index (χ0) is 23.8. The molecule has 0 aliphatic heterocycles. The molecule has 0 rings (SSSR count). The molecule has 0 radical (unpaired) electrons. The third-order valence-electron chi connectivity index (χ3n) is 1.88. The van der Waals surface area contributed by atoms with Crippen molar-refractivity contribution >= 4 is 0 Å². The minimum Gasteiger partial charge on any atom is -0.394 e. The lowest BCUT2D eigenvalue weighted by atomic mass is 10.2. The van der Waals surface area contributed by atoms with Crippen molar-refractivity contribution in [2.75, 3.05) is 26.4 Å². The van der Waals surface area contributed by atoms with Gasteiger partial charge in [0.2, 0.25) is 0 Å². The molecule has 27 heavy (non-hydrogen) atoms.